The van der Waals surface area contributed by atoms with Crippen LogP contribution in [-0.2, 0) is 19.4 Å². The normalized spacial score (nSPS) is 14.6. The zero-order valence-electron chi connectivity index (χ0n) is 9.87. The van der Waals surface area contributed by atoms with Crippen LogP contribution in [0.1, 0.15) is 29.7 Å². The number of rotatable bonds is 2. The number of fused-ring (bicyclic) bond motifs is 1. The maximum atomic E-state index is 9.60. The number of aromatic nitrogens is 1. The summed E-state index contributed by atoms with van der Waals surface area (Å²) in [6, 6.07) is 10.3. The van der Waals surface area contributed by atoms with Crippen molar-refractivity contribution in [1.82, 2.24) is 4.98 Å². The van der Waals surface area contributed by atoms with Crippen LogP contribution >= 0.6 is 0 Å². The highest BCUT2D eigenvalue weighted by Crippen LogP contribution is 2.32. The van der Waals surface area contributed by atoms with Crippen molar-refractivity contribution in [3.05, 3.63) is 47.2 Å². The molecule has 2 nitrogen and oxygen atoms in total. The first-order chi connectivity index (χ1) is 8.40. The van der Waals surface area contributed by atoms with Crippen LogP contribution in [0.25, 0.3) is 11.3 Å². The van der Waals surface area contributed by atoms with Crippen molar-refractivity contribution in [2.24, 2.45) is 0 Å². The second kappa shape index (κ2) is 4.38. The van der Waals surface area contributed by atoms with E-state index in [1.165, 1.54) is 29.7 Å². The Labute approximate surface area is 101 Å². The van der Waals surface area contributed by atoms with E-state index in [0.717, 1.165) is 24.1 Å². The molecule has 0 unspecified atom stereocenters. The number of aliphatic hydroxyl groups is 1. The van der Waals surface area contributed by atoms with Crippen LogP contribution in [0.3, 0.4) is 0 Å². The molecule has 0 fully saturated rings. The van der Waals surface area contributed by atoms with Gasteiger partial charge in [-0.05, 0) is 36.8 Å². The minimum Gasteiger partial charge on any atom is -0.392 e. The second-order valence-corrected chi connectivity index (χ2v) is 4.67. The van der Waals surface area contributed by atoms with Crippen molar-refractivity contribution in [3.63, 3.8) is 0 Å². The van der Waals surface area contributed by atoms with Crippen LogP contribution in [0.15, 0.2) is 30.3 Å². The average molecular weight is 227 g/mol. The molecule has 2 aromatic rings. The van der Waals surface area contributed by atoms with Crippen molar-refractivity contribution in [2.75, 3.05) is 0 Å². The summed E-state index contributed by atoms with van der Waals surface area (Å²) in [5.74, 6) is 0. The van der Waals surface area contributed by atoms with Crippen molar-refractivity contribution >= 4 is 0 Å². The maximum Gasteiger partial charge on any atom is 0.0705 e. The molecule has 3 rings (SSSR count). The molecule has 0 aliphatic heterocycles. The van der Waals surface area contributed by atoms with E-state index < -0.39 is 0 Å². The standard InChI is InChI=1S/C15H17NO/c17-10-13-12-8-4-5-9-14(12)16-15(13)11-6-2-1-3-7-11/h1-3,6-7,16-17H,4-5,8-10H2. The number of aliphatic hydroxyl groups excluding tert-OH is 1. The predicted octanol–water partition coefficient (Wildman–Crippen LogP) is 3.05. The summed E-state index contributed by atoms with van der Waals surface area (Å²) in [5.41, 5.74) is 6.08. The number of H-pyrrole nitrogens is 1. The Hall–Kier alpha value is -1.54. The van der Waals surface area contributed by atoms with Crippen LogP contribution in [0.5, 0.6) is 0 Å². The molecular weight excluding hydrogens is 210 g/mol. The number of benzene rings is 1. The molecule has 2 heteroatoms. The Balaban J connectivity index is 2.14. The molecule has 2 N–H and O–H groups in total. The smallest absolute Gasteiger partial charge is 0.0705 e. The highest BCUT2D eigenvalue weighted by molar-refractivity contribution is 5.66. The molecule has 88 valence electrons. The van der Waals surface area contributed by atoms with Crippen molar-refractivity contribution in [1.29, 1.82) is 0 Å². The summed E-state index contributed by atoms with van der Waals surface area (Å²) in [5, 5.41) is 9.60. The van der Waals surface area contributed by atoms with Crippen molar-refractivity contribution < 1.29 is 5.11 Å². The van der Waals surface area contributed by atoms with Gasteiger partial charge in [0.1, 0.15) is 0 Å². The fraction of sp³-hybridized carbons (Fsp3) is 0.333. The largest absolute Gasteiger partial charge is 0.392 e. The van der Waals surface area contributed by atoms with E-state index in [-0.39, 0.29) is 6.61 Å². The summed E-state index contributed by atoms with van der Waals surface area (Å²) in [7, 11) is 0. The first-order valence-electron chi connectivity index (χ1n) is 6.29. The minimum atomic E-state index is 0.135. The van der Waals surface area contributed by atoms with Crippen LogP contribution in [0, 0.1) is 0 Å². The van der Waals surface area contributed by atoms with Crippen LogP contribution in [-0.4, -0.2) is 10.1 Å². The molecule has 0 radical (unpaired) electrons. The van der Waals surface area contributed by atoms with E-state index in [2.05, 4.69) is 17.1 Å². The third-order valence-electron chi connectivity index (χ3n) is 3.63. The minimum absolute atomic E-state index is 0.135. The van der Waals surface area contributed by atoms with Crippen LogP contribution < -0.4 is 0 Å². The highest BCUT2D eigenvalue weighted by atomic mass is 16.3. The number of aryl methyl sites for hydroxylation is 1. The maximum absolute atomic E-state index is 9.60. The van der Waals surface area contributed by atoms with Gasteiger partial charge in [0, 0.05) is 11.3 Å². The summed E-state index contributed by atoms with van der Waals surface area (Å²) in [6.45, 7) is 0.135. The monoisotopic (exact) mass is 227 g/mol. The molecule has 1 aliphatic rings. The molecule has 1 aromatic carbocycles. The molecule has 1 aromatic heterocycles. The van der Waals surface area contributed by atoms with Crippen molar-refractivity contribution in [2.45, 2.75) is 32.3 Å². The first kappa shape index (κ1) is 10.6. The van der Waals surface area contributed by atoms with Gasteiger partial charge in [-0.3, -0.25) is 0 Å². The Morgan fingerprint density at radius 2 is 1.82 bits per heavy atom. The summed E-state index contributed by atoms with van der Waals surface area (Å²) in [6.07, 6.45) is 4.72. The van der Waals surface area contributed by atoms with Gasteiger partial charge in [0.15, 0.2) is 0 Å². The lowest BCUT2D eigenvalue weighted by molar-refractivity contribution is 0.281. The third-order valence-corrected chi connectivity index (χ3v) is 3.63. The molecule has 17 heavy (non-hydrogen) atoms. The Morgan fingerprint density at radius 3 is 2.59 bits per heavy atom. The highest BCUT2D eigenvalue weighted by Gasteiger charge is 2.19. The molecule has 1 heterocycles. The Bertz CT molecular complexity index is 513. The van der Waals surface area contributed by atoms with E-state index in [0.29, 0.717) is 0 Å². The van der Waals surface area contributed by atoms with E-state index in [9.17, 15) is 5.11 Å². The van der Waals surface area contributed by atoms with E-state index >= 15 is 0 Å². The lowest BCUT2D eigenvalue weighted by Crippen LogP contribution is -2.02. The fourth-order valence-electron chi connectivity index (χ4n) is 2.78. The Morgan fingerprint density at radius 1 is 1.06 bits per heavy atom. The van der Waals surface area contributed by atoms with Crippen molar-refractivity contribution in [3.8, 4) is 11.3 Å². The molecule has 1 aliphatic carbocycles. The molecular formula is C15H17NO. The van der Waals surface area contributed by atoms with Gasteiger partial charge in [-0.2, -0.15) is 0 Å². The van der Waals surface area contributed by atoms with Gasteiger partial charge >= 0.3 is 0 Å². The molecule has 0 bridgehead atoms. The lowest BCUT2D eigenvalue weighted by Gasteiger charge is -2.11. The molecule has 0 amide bonds. The molecule has 0 saturated carbocycles. The lowest BCUT2D eigenvalue weighted by atomic mass is 9.94. The van der Waals surface area contributed by atoms with E-state index in [1.54, 1.807) is 0 Å². The second-order valence-electron chi connectivity index (χ2n) is 4.67. The average Bonchev–Trinajstić information content (AvgIpc) is 2.78. The third kappa shape index (κ3) is 1.79. The number of hydrogen-bond donors (Lipinski definition) is 2. The zero-order chi connectivity index (χ0) is 11.7. The zero-order valence-corrected chi connectivity index (χ0v) is 9.87. The SMILES string of the molecule is OCc1c(-c2ccccc2)[nH]c2c1CCCC2. The molecule has 0 atom stereocenters. The number of hydrogen-bond acceptors (Lipinski definition) is 1. The quantitative estimate of drug-likeness (QED) is 0.812. The number of nitrogens with one attached hydrogen (secondary N) is 1. The topological polar surface area (TPSA) is 36.0 Å². The van der Waals surface area contributed by atoms with E-state index in [1.807, 2.05) is 18.2 Å². The van der Waals surface area contributed by atoms with Crippen LogP contribution in [0.4, 0.5) is 0 Å². The first-order valence-corrected chi connectivity index (χ1v) is 6.29. The number of aromatic amines is 1. The van der Waals surface area contributed by atoms with Gasteiger partial charge in [0.05, 0.1) is 12.3 Å². The van der Waals surface area contributed by atoms with E-state index in [4.69, 9.17) is 0 Å². The summed E-state index contributed by atoms with van der Waals surface area (Å²) < 4.78 is 0. The van der Waals surface area contributed by atoms with Gasteiger partial charge in [-0.15, -0.1) is 0 Å². The van der Waals surface area contributed by atoms with Gasteiger partial charge in [-0.1, -0.05) is 30.3 Å². The van der Waals surface area contributed by atoms with Gasteiger partial charge in [0.2, 0.25) is 0 Å². The van der Waals surface area contributed by atoms with Gasteiger partial charge < -0.3 is 10.1 Å². The Kier molecular flexibility index (Phi) is 2.73. The summed E-state index contributed by atoms with van der Waals surface area (Å²) in [4.78, 5) is 3.51. The van der Waals surface area contributed by atoms with Gasteiger partial charge in [-0.25, -0.2) is 0 Å². The van der Waals surface area contributed by atoms with Crippen LogP contribution in [0.2, 0.25) is 0 Å². The predicted molar refractivity (Wildman–Crippen MR) is 68.8 cm³/mol. The summed E-state index contributed by atoms with van der Waals surface area (Å²) >= 11 is 0. The molecule has 0 saturated heterocycles. The van der Waals surface area contributed by atoms with Gasteiger partial charge in [0.25, 0.3) is 0 Å². The molecule has 0 spiro atoms. The fourth-order valence-corrected chi connectivity index (χ4v) is 2.78.